The Bertz CT molecular complexity index is 365. The largest absolute Gasteiger partial charge is 0.395 e. The van der Waals surface area contributed by atoms with Crippen LogP contribution in [0.4, 0.5) is 0 Å². The number of amides is 1. The minimum atomic E-state index is -1.07. The molecule has 0 fully saturated rings. The van der Waals surface area contributed by atoms with E-state index in [2.05, 4.69) is 24.4 Å². The number of allylic oxidation sites excluding steroid dienone is 2. The summed E-state index contributed by atoms with van der Waals surface area (Å²) < 4.78 is 0. The molecule has 4 heteroatoms. The molecule has 0 heterocycles. The maximum Gasteiger partial charge on any atom is 0.230 e. The molecule has 160 valence electrons. The maximum atomic E-state index is 11.8. The third-order valence-electron chi connectivity index (χ3n) is 5.22. The minimum absolute atomic E-state index is 0.264. The Morgan fingerprint density at radius 1 is 0.778 bits per heavy atom. The molecule has 0 aromatic rings. The molecule has 27 heavy (non-hydrogen) atoms. The molecule has 0 bridgehead atoms. The zero-order chi connectivity index (χ0) is 20.2. The average molecular weight is 384 g/mol. The molecule has 0 aliphatic rings. The standard InChI is InChI=1S/C23H45NO3/c1-3-4-5-6-7-8-9-10-11-12-13-14-15-16-17-18-19-24-22(27)23(2,20-25)21-26/h10-11,25-26H,3-9,12-21H2,1-2H3,(H,24,27)/b11-10-. The highest BCUT2D eigenvalue weighted by Crippen LogP contribution is 2.14. The van der Waals surface area contributed by atoms with Crippen molar-refractivity contribution >= 4 is 5.91 Å². The Morgan fingerprint density at radius 3 is 1.70 bits per heavy atom. The van der Waals surface area contributed by atoms with Crippen molar-refractivity contribution < 1.29 is 15.0 Å². The maximum absolute atomic E-state index is 11.8. The third kappa shape index (κ3) is 14.8. The van der Waals surface area contributed by atoms with Crippen LogP contribution in [0.25, 0.3) is 0 Å². The van der Waals surface area contributed by atoms with Crippen molar-refractivity contribution in [1.29, 1.82) is 0 Å². The van der Waals surface area contributed by atoms with Gasteiger partial charge >= 0.3 is 0 Å². The second kappa shape index (κ2) is 18.5. The van der Waals surface area contributed by atoms with Crippen LogP contribution >= 0.6 is 0 Å². The van der Waals surface area contributed by atoms with Crippen molar-refractivity contribution in [1.82, 2.24) is 5.32 Å². The lowest BCUT2D eigenvalue weighted by molar-refractivity contribution is -0.134. The zero-order valence-electron chi connectivity index (χ0n) is 18.0. The van der Waals surface area contributed by atoms with Crippen LogP contribution in [-0.2, 0) is 4.79 Å². The number of hydrogen-bond donors (Lipinski definition) is 3. The van der Waals surface area contributed by atoms with Crippen LogP contribution < -0.4 is 5.32 Å². The van der Waals surface area contributed by atoms with E-state index in [4.69, 9.17) is 0 Å². The van der Waals surface area contributed by atoms with E-state index >= 15 is 0 Å². The molecule has 0 aliphatic heterocycles. The van der Waals surface area contributed by atoms with Crippen LogP contribution in [0.3, 0.4) is 0 Å². The highest BCUT2D eigenvalue weighted by atomic mass is 16.3. The third-order valence-corrected chi connectivity index (χ3v) is 5.22. The molecular formula is C23H45NO3. The summed E-state index contributed by atoms with van der Waals surface area (Å²) in [6.07, 6.45) is 22.4. The molecule has 1 amide bonds. The Kier molecular flexibility index (Phi) is 17.9. The molecule has 0 rings (SSSR count). The van der Waals surface area contributed by atoms with Gasteiger partial charge in [-0.2, -0.15) is 0 Å². The van der Waals surface area contributed by atoms with Gasteiger partial charge in [0, 0.05) is 6.54 Å². The van der Waals surface area contributed by atoms with Gasteiger partial charge in [-0.3, -0.25) is 4.79 Å². The van der Waals surface area contributed by atoms with Gasteiger partial charge in [0.05, 0.1) is 18.6 Å². The lowest BCUT2D eigenvalue weighted by atomic mass is 9.92. The van der Waals surface area contributed by atoms with E-state index in [9.17, 15) is 15.0 Å². The summed E-state index contributed by atoms with van der Waals surface area (Å²) in [7, 11) is 0. The first kappa shape index (κ1) is 26.1. The number of rotatable bonds is 19. The molecule has 0 unspecified atom stereocenters. The van der Waals surface area contributed by atoms with Gasteiger partial charge in [-0.15, -0.1) is 0 Å². The molecule has 0 aromatic carbocycles. The topological polar surface area (TPSA) is 69.6 Å². The number of unbranched alkanes of at least 4 members (excludes halogenated alkanes) is 12. The summed E-state index contributed by atoms with van der Waals surface area (Å²) in [4.78, 5) is 11.8. The predicted octanol–water partition coefficient (Wildman–Crippen LogP) is 5.13. The van der Waals surface area contributed by atoms with Gasteiger partial charge in [0.25, 0.3) is 0 Å². The van der Waals surface area contributed by atoms with E-state index in [1.807, 2.05) is 0 Å². The summed E-state index contributed by atoms with van der Waals surface area (Å²) in [6.45, 7) is 3.79. The fourth-order valence-electron chi connectivity index (χ4n) is 2.98. The molecule has 0 radical (unpaired) electrons. The van der Waals surface area contributed by atoms with Gasteiger partial charge in [0.15, 0.2) is 0 Å². The van der Waals surface area contributed by atoms with Crippen molar-refractivity contribution in [3.63, 3.8) is 0 Å². The Hall–Kier alpha value is -0.870. The molecule has 3 N–H and O–H groups in total. The van der Waals surface area contributed by atoms with E-state index in [0.717, 1.165) is 12.8 Å². The van der Waals surface area contributed by atoms with Crippen LogP contribution in [-0.4, -0.2) is 35.9 Å². The van der Waals surface area contributed by atoms with Gasteiger partial charge in [-0.1, -0.05) is 76.9 Å². The van der Waals surface area contributed by atoms with Gasteiger partial charge in [-0.25, -0.2) is 0 Å². The Morgan fingerprint density at radius 2 is 1.22 bits per heavy atom. The monoisotopic (exact) mass is 383 g/mol. The van der Waals surface area contributed by atoms with Crippen molar-refractivity contribution in [2.75, 3.05) is 19.8 Å². The van der Waals surface area contributed by atoms with E-state index < -0.39 is 5.41 Å². The summed E-state index contributed by atoms with van der Waals surface area (Å²) >= 11 is 0. The fraction of sp³-hybridized carbons (Fsp3) is 0.870. The SMILES string of the molecule is CCCCCCCC/C=C\CCCCCCCCNC(=O)C(C)(CO)CO. The summed E-state index contributed by atoms with van der Waals surface area (Å²) in [6, 6.07) is 0. The molecule has 0 spiro atoms. The normalized spacial score (nSPS) is 12.0. The summed E-state index contributed by atoms with van der Waals surface area (Å²) in [5, 5.41) is 21.2. The predicted molar refractivity (Wildman–Crippen MR) is 115 cm³/mol. The Labute approximate surface area is 167 Å². The molecule has 4 nitrogen and oxygen atoms in total. The number of nitrogens with one attached hydrogen (secondary N) is 1. The number of hydrogen-bond acceptors (Lipinski definition) is 3. The van der Waals surface area contributed by atoms with Crippen molar-refractivity contribution in [2.24, 2.45) is 5.41 Å². The summed E-state index contributed by atoms with van der Waals surface area (Å²) in [5.74, 6) is -0.264. The quantitative estimate of drug-likeness (QED) is 0.214. The number of aliphatic hydroxyl groups excluding tert-OH is 2. The first-order chi connectivity index (χ1) is 13.1. The van der Waals surface area contributed by atoms with Crippen molar-refractivity contribution in [3.8, 4) is 0 Å². The van der Waals surface area contributed by atoms with Gasteiger partial charge < -0.3 is 15.5 Å². The molecule has 0 saturated heterocycles. The van der Waals surface area contributed by atoms with Crippen LogP contribution in [0.5, 0.6) is 0 Å². The van der Waals surface area contributed by atoms with Gasteiger partial charge in [0.1, 0.15) is 0 Å². The van der Waals surface area contributed by atoms with Crippen molar-refractivity contribution in [2.45, 2.75) is 104 Å². The highest BCUT2D eigenvalue weighted by molar-refractivity contribution is 5.82. The van der Waals surface area contributed by atoms with E-state index in [1.54, 1.807) is 6.92 Å². The first-order valence-corrected chi connectivity index (χ1v) is 11.3. The van der Waals surface area contributed by atoms with Gasteiger partial charge in [-0.05, 0) is 39.0 Å². The van der Waals surface area contributed by atoms with Crippen LogP contribution in [0.2, 0.25) is 0 Å². The number of carbonyl (C=O) groups excluding carboxylic acids is 1. The van der Waals surface area contributed by atoms with Crippen LogP contribution in [0.1, 0.15) is 104 Å². The van der Waals surface area contributed by atoms with Crippen molar-refractivity contribution in [3.05, 3.63) is 12.2 Å². The van der Waals surface area contributed by atoms with E-state index in [-0.39, 0.29) is 19.1 Å². The first-order valence-electron chi connectivity index (χ1n) is 11.3. The second-order valence-corrected chi connectivity index (χ2v) is 8.07. The van der Waals surface area contributed by atoms with Gasteiger partial charge in [0.2, 0.25) is 5.91 Å². The highest BCUT2D eigenvalue weighted by Gasteiger charge is 2.31. The molecule has 0 aromatic heterocycles. The molecule has 0 aliphatic carbocycles. The number of carbonyl (C=O) groups is 1. The molecular weight excluding hydrogens is 338 g/mol. The molecule has 0 atom stereocenters. The second-order valence-electron chi connectivity index (χ2n) is 8.07. The number of aliphatic hydroxyl groups is 2. The lowest BCUT2D eigenvalue weighted by Gasteiger charge is -2.23. The van der Waals surface area contributed by atoms with Crippen LogP contribution in [0.15, 0.2) is 12.2 Å². The summed E-state index contributed by atoms with van der Waals surface area (Å²) in [5.41, 5.74) is -1.07. The fourth-order valence-corrected chi connectivity index (χ4v) is 2.98. The molecule has 0 saturated carbocycles. The Balaban J connectivity index is 3.34. The van der Waals surface area contributed by atoms with E-state index in [0.29, 0.717) is 6.54 Å². The van der Waals surface area contributed by atoms with E-state index in [1.165, 1.54) is 77.0 Å². The smallest absolute Gasteiger partial charge is 0.230 e. The zero-order valence-corrected chi connectivity index (χ0v) is 18.0. The minimum Gasteiger partial charge on any atom is -0.395 e. The van der Waals surface area contributed by atoms with Crippen LogP contribution in [0, 0.1) is 5.41 Å². The average Bonchev–Trinajstić information content (AvgIpc) is 2.69. The lowest BCUT2D eigenvalue weighted by Crippen LogP contribution is -2.44.